The summed E-state index contributed by atoms with van der Waals surface area (Å²) in [6.45, 7) is 6.27. The van der Waals surface area contributed by atoms with Crippen molar-refractivity contribution < 1.29 is 4.79 Å². The first-order valence-corrected chi connectivity index (χ1v) is 8.23. The van der Waals surface area contributed by atoms with E-state index in [4.69, 9.17) is 0 Å². The van der Waals surface area contributed by atoms with Crippen LogP contribution in [-0.4, -0.2) is 35.7 Å². The molecule has 122 valence electrons. The van der Waals surface area contributed by atoms with E-state index >= 15 is 0 Å². The molecule has 0 atom stereocenters. The van der Waals surface area contributed by atoms with Gasteiger partial charge in [0, 0.05) is 13.5 Å². The fourth-order valence-electron chi connectivity index (χ4n) is 2.46. The number of nitrogens with one attached hydrogen (secondary N) is 1. The van der Waals surface area contributed by atoms with E-state index in [2.05, 4.69) is 39.6 Å². The molecular formula is C14H19N7OS. The number of hydrogen-bond acceptors (Lipinski definition) is 6. The maximum Gasteiger partial charge on any atom is 0.247 e. The summed E-state index contributed by atoms with van der Waals surface area (Å²) < 4.78 is 3.41. The number of carbonyl (C=O) groups excluding carboxylic acids is 1. The van der Waals surface area contributed by atoms with E-state index in [1.807, 2.05) is 14.0 Å². The SMILES string of the molecule is Cc1nn(C)c2cnn(CC(=O)Nc3nnc(CC(C)C)s3)c12. The minimum absolute atomic E-state index is 0.120. The monoisotopic (exact) mass is 333 g/mol. The van der Waals surface area contributed by atoms with Gasteiger partial charge in [-0.1, -0.05) is 25.2 Å². The summed E-state index contributed by atoms with van der Waals surface area (Å²) >= 11 is 1.41. The molecule has 0 bridgehead atoms. The van der Waals surface area contributed by atoms with E-state index in [1.54, 1.807) is 15.6 Å². The molecule has 0 radical (unpaired) electrons. The molecular weight excluding hydrogens is 314 g/mol. The molecule has 3 rings (SSSR count). The van der Waals surface area contributed by atoms with Crippen LogP contribution in [0.25, 0.3) is 11.0 Å². The lowest BCUT2D eigenvalue weighted by Gasteiger charge is -2.02. The highest BCUT2D eigenvalue weighted by atomic mass is 32.1. The number of carbonyl (C=O) groups is 1. The normalized spacial score (nSPS) is 11.5. The molecule has 3 heterocycles. The lowest BCUT2D eigenvalue weighted by atomic mass is 10.1. The predicted molar refractivity (Wildman–Crippen MR) is 88.3 cm³/mol. The number of rotatable bonds is 5. The topological polar surface area (TPSA) is 90.5 Å². The summed E-state index contributed by atoms with van der Waals surface area (Å²) in [7, 11) is 1.86. The van der Waals surface area contributed by atoms with Crippen LogP contribution in [0.4, 0.5) is 5.13 Å². The maximum atomic E-state index is 12.2. The van der Waals surface area contributed by atoms with E-state index in [9.17, 15) is 4.79 Å². The van der Waals surface area contributed by atoms with Gasteiger partial charge in [0.15, 0.2) is 0 Å². The zero-order valence-electron chi connectivity index (χ0n) is 13.6. The molecule has 1 N–H and O–H groups in total. The molecule has 3 aromatic rings. The highest BCUT2D eigenvalue weighted by Gasteiger charge is 2.15. The van der Waals surface area contributed by atoms with Crippen molar-refractivity contribution in [3.63, 3.8) is 0 Å². The number of aromatic nitrogens is 6. The number of amides is 1. The molecule has 0 saturated heterocycles. The van der Waals surface area contributed by atoms with Crippen molar-refractivity contribution in [3.8, 4) is 0 Å². The Bertz CT molecular complexity index is 845. The highest BCUT2D eigenvalue weighted by Crippen LogP contribution is 2.19. The quantitative estimate of drug-likeness (QED) is 0.768. The first-order valence-electron chi connectivity index (χ1n) is 7.41. The summed E-state index contributed by atoms with van der Waals surface area (Å²) in [4.78, 5) is 12.2. The van der Waals surface area contributed by atoms with Gasteiger partial charge in [0.2, 0.25) is 11.0 Å². The second-order valence-electron chi connectivity index (χ2n) is 5.89. The Kier molecular flexibility index (Phi) is 4.12. The molecule has 0 aliphatic carbocycles. The Labute approximate surface area is 137 Å². The third-order valence-electron chi connectivity index (χ3n) is 3.40. The van der Waals surface area contributed by atoms with Gasteiger partial charge in [-0.2, -0.15) is 10.2 Å². The van der Waals surface area contributed by atoms with Crippen LogP contribution in [0.1, 0.15) is 24.5 Å². The lowest BCUT2D eigenvalue weighted by molar-refractivity contribution is -0.116. The molecule has 0 aliphatic heterocycles. The van der Waals surface area contributed by atoms with Crippen LogP contribution in [0.15, 0.2) is 6.20 Å². The predicted octanol–water partition coefficient (Wildman–Crippen LogP) is 1.77. The van der Waals surface area contributed by atoms with Gasteiger partial charge in [0.05, 0.1) is 11.9 Å². The smallest absolute Gasteiger partial charge is 0.247 e. The molecule has 0 spiro atoms. The van der Waals surface area contributed by atoms with Crippen LogP contribution in [-0.2, 0) is 24.8 Å². The summed E-state index contributed by atoms with van der Waals surface area (Å²) in [6, 6.07) is 0. The number of fused-ring (bicyclic) bond motifs is 1. The highest BCUT2D eigenvalue weighted by molar-refractivity contribution is 7.15. The maximum absolute atomic E-state index is 12.2. The third kappa shape index (κ3) is 3.24. The number of nitrogens with zero attached hydrogens (tertiary/aromatic N) is 6. The molecule has 9 heteroatoms. The van der Waals surface area contributed by atoms with Crippen LogP contribution in [0.5, 0.6) is 0 Å². The number of hydrogen-bond donors (Lipinski definition) is 1. The molecule has 0 unspecified atom stereocenters. The van der Waals surface area contributed by atoms with Gasteiger partial charge in [-0.25, -0.2) is 0 Å². The Morgan fingerprint density at radius 1 is 1.39 bits per heavy atom. The molecule has 23 heavy (non-hydrogen) atoms. The van der Waals surface area contributed by atoms with Gasteiger partial charge in [0.25, 0.3) is 0 Å². The Balaban J connectivity index is 1.70. The summed E-state index contributed by atoms with van der Waals surface area (Å²) in [5.41, 5.74) is 2.63. The van der Waals surface area contributed by atoms with Gasteiger partial charge in [0.1, 0.15) is 22.6 Å². The zero-order chi connectivity index (χ0) is 16.6. The van der Waals surface area contributed by atoms with E-state index < -0.39 is 0 Å². The standard InChI is InChI=1S/C14H19N7OS/c1-8(2)5-12-17-18-14(23-12)16-11(22)7-21-13-9(3)19-20(4)10(13)6-15-21/h6,8H,5,7H2,1-4H3,(H,16,18,22). The first-order chi connectivity index (χ1) is 10.9. The van der Waals surface area contributed by atoms with Crippen LogP contribution >= 0.6 is 11.3 Å². The van der Waals surface area contributed by atoms with Crippen LogP contribution in [0.3, 0.4) is 0 Å². The number of aryl methyl sites for hydroxylation is 2. The van der Waals surface area contributed by atoms with Gasteiger partial charge in [-0.15, -0.1) is 10.2 Å². The molecule has 0 saturated carbocycles. The van der Waals surface area contributed by atoms with Crippen LogP contribution in [0.2, 0.25) is 0 Å². The summed E-state index contributed by atoms with van der Waals surface area (Å²) in [5, 5.41) is 20.9. The fraction of sp³-hybridized carbons (Fsp3) is 0.500. The molecule has 0 aliphatic rings. The molecule has 1 amide bonds. The van der Waals surface area contributed by atoms with Crippen molar-refractivity contribution >= 4 is 33.4 Å². The average Bonchev–Trinajstić information content (AvgIpc) is 3.11. The molecule has 3 aromatic heterocycles. The summed E-state index contributed by atoms with van der Waals surface area (Å²) in [6.07, 6.45) is 2.58. The Morgan fingerprint density at radius 3 is 2.91 bits per heavy atom. The summed E-state index contributed by atoms with van der Waals surface area (Å²) in [5.74, 6) is 0.336. The van der Waals surface area contributed by atoms with Gasteiger partial charge in [-0.3, -0.25) is 19.5 Å². The number of anilines is 1. The van der Waals surface area contributed by atoms with Gasteiger partial charge in [-0.05, 0) is 12.8 Å². The van der Waals surface area contributed by atoms with Crippen molar-refractivity contribution in [2.75, 3.05) is 5.32 Å². The zero-order valence-corrected chi connectivity index (χ0v) is 14.4. The van der Waals surface area contributed by atoms with Crippen LogP contribution < -0.4 is 5.32 Å². The van der Waals surface area contributed by atoms with E-state index in [-0.39, 0.29) is 12.5 Å². The fourth-order valence-corrected chi connectivity index (χ4v) is 3.43. The van der Waals surface area contributed by atoms with Crippen molar-refractivity contribution in [2.45, 2.75) is 33.7 Å². The molecule has 0 aromatic carbocycles. The average molecular weight is 333 g/mol. The third-order valence-corrected chi connectivity index (χ3v) is 4.26. The first kappa shape index (κ1) is 15.6. The Hall–Kier alpha value is -2.29. The van der Waals surface area contributed by atoms with Crippen molar-refractivity contribution in [1.29, 1.82) is 0 Å². The van der Waals surface area contributed by atoms with Crippen molar-refractivity contribution in [1.82, 2.24) is 29.8 Å². The van der Waals surface area contributed by atoms with Gasteiger partial charge < -0.3 is 0 Å². The Morgan fingerprint density at radius 2 is 2.17 bits per heavy atom. The van der Waals surface area contributed by atoms with Crippen molar-refractivity contribution in [3.05, 3.63) is 16.9 Å². The van der Waals surface area contributed by atoms with E-state index in [1.165, 1.54) is 11.3 Å². The van der Waals surface area contributed by atoms with E-state index in [0.717, 1.165) is 28.2 Å². The second-order valence-corrected chi connectivity index (χ2v) is 6.95. The molecule has 8 nitrogen and oxygen atoms in total. The minimum Gasteiger partial charge on any atom is -0.299 e. The van der Waals surface area contributed by atoms with E-state index in [0.29, 0.717) is 11.0 Å². The lowest BCUT2D eigenvalue weighted by Crippen LogP contribution is -2.19. The van der Waals surface area contributed by atoms with Crippen molar-refractivity contribution in [2.24, 2.45) is 13.0 Å². The van der Waals surface area contributed by atoms with Gasteiger partial charge >= 0.3 is 0 Å². The second kappa shape index (κ2) is 6.07. The minimum atomic E-state index is -0.175. The van der Waals surface area contributed by atoms with Crippen LogP contribution in [0, 0.1) is 12.8 Å². The molecule has 0 fully saturated rings. The largest absolute Gasteiger partial charge is 0.299 e.